The van der Waals surface area contributed by atoms with Crippen molar-refractivity contribution in [2.45, 2.75) is 18.7 Å². The van der Waals surface area contributed by atoms with Gasteiger partial charge in [-0.05, 0) is 35.9 Å². The van der Waals surface area contributed by atoms with Gasteiger partial charge in [0.15, 0.2) is 0 Å². The van der Waals surface area contributed by atoms with E-state index in [1.165, 1.54) is 22.5 Å². The number of esters is 1. The Labute approximate surface area is 148 Å². The molecule has 25 heavy (non-hydrogen) atoms. The number of hydrogen-bond acceptors (Lipinski definition) is 4. The van der Waals surface area contributed by atoms with Crippen molar-refractivity contribution in [3.63, 3.8) is 0 Å². The zero-order chi connectivity index (χ0) is 18.3. The molecule has 0 aromatic heterocycles. The number of carbonyl (C=O) groups is 1. The van der Waals surface area contributed by atoms with Crippen molar-refractivity contribution in [1.82, 2.24) is 4.31 Å². The van der Waals surface area contributed by atoms with Gasteiger partial charge in [-0.2, -0.15) is 4.31 Å². The fourth-order valence-electron chi connectivity index (χ4n) is 2.27. The number of ether oxygens (including phenoxy) is 1. The van der Waals surface area contributed by atoms with Crippen LogP contribution in [0.4, 0.5) is 0 Å². The zero-order valence-electron chi connectivity index (χ0n) is 14.3. The van der Waals surface area contributed by atoms with Gasteiger partial charge in [0.2, 0.25) is 10.0 Å². The molecule has 0 spiro atoms. The third-order valence-corrected chi connectivity index (χ3v) is 5.66. The van der Waals surface area contributed by atoms with Gasteiger partial charge in [0.25, 0.3) is 0 Å². The van der Waals surface area contributed by atoms with E-state index < -0.39 is 16.0 Å². The van der Waals surface area contributed by atoms with E-state index in [0.29, 0.717) is 24.4 Å². The average Bonchev–Trinajstić information content (AvgIpc) is 2.62. The smallest absolute Gasteiger partial charge is 0.336 e. The highest BCUT2D eigenvalue weighted by Crippen LogP contribution is 2.17. The lowest BCUT2D eigenvalue weighted by atomic mass is 10.2. The van der Waals surface area contributed by atoms with E-state index in [9.17, 15) is 13.2 Å². The van der Waals surface area contributed by atoms with E-state index in [1.807, 2.05) is 6.07 Å². The first-order valence-electron chi connectivity index (χ1n) is 8.02. The summed E-state index contributed by atoms with van der Waals surface area (Å²) in [5.41, 5.74) is 0.712. The molecule has 0 fully saturated rings. The molecular weight excluding hydrogens is 338 g/mol. The van der Waals surface area contributed by atoms with Crippen molar-refractivity contribution in [3.05, 3.63) is 66.2 Å². The van der Waals surface area contributed by atoms with E-state index >= 15 is 0 Å². The molecule has 0 atom stereocenters. The Morgan fingerprint density at radius 3 is 2.16 bits per heavy atom. The standard InChI is InChI=1S/C19H21NO4S/c1-3-20(4-2)25(22,23)18-13-10-16(11-14-18)12-15-19(21)24-17-8-6-5-7-9-17/h5-15H,3-4H2,1-2H3/b15-12+. The number of sulfonamides is 1. The summed E-state index contributed by atoms with van der Waals surface area (Å²) in [6.45, 7) is 4.45. The topological polar surface area (TPSA) is 63.7 Å². The van der Waals surface area contributed by atoms with Crippen molar-refractivity contribution in [2.75, 3.05) is 13.1 Å². The number of benzene rings is 2. The second kappa shape index (κ2) is 8.60. The molecule has 0 N–H and O–H groups in total. The molecule has 0 saturated heterocycles. The van der Waals surface area contributed by atoms with Crippen molar-refractivity contribution >= 4 is 22.1 Å². The van der Waals surface area contributed by atoms with E-state index in [4.69, 9.17) is 4.74 Å². The molecule has 0 aliphatic carbocycles. The number of rotatable bonds is 7. The van der Waals surface area contributed by atoms with Gasteiger partial charge in [0, 0.05) is 19.2 Å². The second-order valence-corrected chi connectivity index (χ2v) is 7.16. The van der Waals surface area contributed by atoms with Crippen LogP contribution in [-0.2, 0) is 14.8 Å². The van der Waals surface area contributed by atoms with Crippen LogP contribution in [-0.4, -0.2) is 31.8 Å². The number of hydrogen-bond donors (Lipinski definition) is 0. The summed E-state index contributed by atoms with van der Waals surface area (Å²) in [6.07, 6.45) is 2.89. The summed E-state index contributed by atoms with van der Waals surface area (Å²) in [4.78, 5) is 12.0. The van der Waals surface area contributed by atoms with Gasteiger partial charge in [0.05, 0.1) is 4.90 Å². The molecule has 0 aliphatic heterocycles. The first kappa shape index (κ1) is 18.9. The highest BCUT2D eigenvalue weighted by molar-refractivity contribution is 7.89. The van der Waals surface area contributed by atoms with E-state index in [2.05, 4.69) is 0 Å². The van der Waals surface area contributed by atoms with Crippen LogP contribution >= 0.6 is 0 Å². The Morgan fingerprint density at radius 1 is 1.00 bits per heavy atom. The highest BCUT2D eigenvalue weighted by atomic mass is 32.2. The van der Waals surface area contributed by atoms with Gasteiger partial charge in [-0.15, -0.1) is 0 Å². The summed E-state index contributed by atoms with van der Waals surface area (Å²) < 4.78 is 31.4. The van der Waals surface area contributed by atoms with Crippen LogP contribution in [0.15, 0.2) is 65.6 Å². The Balaban J connectivity index is 2.06. The number of carbonyl (C=O) groups excluding carboxylic acids is 1. The normalized spacial score (nSPS) is 11.8. The molecule has 0 radical (unpaired) electrons. The zero-order valence-corrected chi connectivity index (χ0v) is 15.1. The van der Waals surface area contributed by atoms with E-state index in [-0.39, 0.29) is 4.90 Å². The van der Waals surface area contributed by atoms with Gasteiger partial charge in [0.1, 0.15) is 5.75 Å². The number of nitrogens with zero attached hydrogens (tertiary/aromatic N) is 1. The largest absolute Gasteiger partial charge is 0.423 e. The molecule has 6 heteroatoms. The fourth-order valence-corrected chi connectivity index (χ4v) is 3.72. The van der Waals surface area contributed by atoms with Crippen molar-refractivity contribution in [1.29, 1.82) is 0 Å². The Hall–Kier alpha value is -2.44. The summed E-state index contributed by atoms with van der Waals surface area (Å²) in [5, 5.41) is 0. The molecule has 2 rings (SSSR count). The summed E-state index contributed by atoms with van der Waals surface area (Å²) in [6, 6.07) is 15.2. The van der Waals surface area contributed by atoms with Gasteiger partial charge in [-0.3, -0.25) is 0 Å². The van der Waals surface area contributed by atoms with Crippen molar-refractivity contribution in [3.8, 4) is 5.75 Å². The van der Waals surface area contributed by atoms with Crippen LogP contribution in [0.2, 0.25) is 0 Å². The van der Waals surface area contributed by atoms with E-state index in [0.717, 1.165) is 0 Å². The molecule has 0 aliphatic rings. The fraction of sp³-hybridized carbons (Fsp3) is 0.211. The maximum atomic E-state index is 12.4. The summed E-state index contributed by atoms with van der Waals surface area (Å²) in [5.74, 6) is -0.0242. The highest BCUT2D eigenvalue weighted by Gasteiger charge is 2.20. The maximum absolute atomic E-state index is 12.4. The summed E-state index contributed by atoms with van der Waals surface area (Å²) in [7, 11) is -3.47. The molecule has 2 aromatic rings. The van der Waals surface area contributed by atoms with Crippen LogP contribution in [0, 0.1) is 0 Å². The van der Waals surface area contributed by atoms with Crippen LogP contribution < -0.4 is 4.74 Å². The molecule has 0 saturated carbocycles. The molecule has 0 amide bonds. The third-order valence-electron chi connectivity index (χ3n) is 3.60. The summed E-state index contributed by atoms with van der Waals surface area (Å²) >= 11 is 0. The van der Waals surface area contributed by atoms with Gasteiger partial charge < -0.3 is 4.74 Å². The molecule has 0 heterocycles. The van der Waals surface area contributed by atoms with Crippen LogP contribution in [0.25, 0.3) is 6.08 Å². The quantitative estimate of drug-likeness (QED) is 0.432. The Bertz CT molecular complexity index is 823. The first-order chi connectivity index (χ1) is 12.0. The number of para-hydroxylation sites is 1. The first-order valence-corrected chi connectivity index (χ1v) is 9.46. The van der Waals surface area contributed by atoms with Crippen molar-refractivity contribution < 1.29 is 17.9 Å². The molecular formula is C19H21NO4S. The van der Waals surface area contributed by atoms with Crippen molar-refractivity contribution in [2.24, 2.45) is 0 Å². The van der Waals surface area contributed by atoms with Gasteiger partial charge in [-0.25, -0.2) is 13.2 Å². The lowest BCUT2D eigenvalue weighted by Crippen LogP contribution is -2.30. The lowest BCUT2D eigenvalue weighted by molar-refractivity contribution is -0.128. The molecule has 2 aromatic carbocycles. The Morgan fingerprint density at radius 2 is 1.60 bits per heavy atom. The van der Waals surface area contributed by atoms with Crippen LogP contribution in [0.5, 0.6) is 5.75 Å². The predicted octanol–water partition coefficient (Wildman–Crippen LogP) is 3.34. The Kier molecular flexibility index (Phi) is 6.50. The maximum Gasteiger partial charge on any atom is 0.336 e. The minimum absolute atomic E-state index is 0.236. The third kappa shape index (κ3) is 5.01. The monoisotopic (exact) mass is 359 g/mol. The molecule has 5 nitrogen and oxygen atoms in total. The van der Waals surface area contributed by atoms with Gasteiger partial charge in [-0.1, -0.05) is 44.2 Å². The predicted molar refractivity (Wildman–Crippen MR) is 97.7 cm³/mol. The van der Waals surface area contributed by atoms with E-state index in [1.54, 1.807) is 56.3 Å². The minimum Gasteiger partial charge on any atom is -0.423 e. The average molecular weight is 359 g/mol. The SMILES string of the molecule is CCN(CC)S(=O)(=O)c1ccc(/C=C/C(=O)Oc2ccccc2)cc1. The minimum atomic E-state index is -3.47. The van der Waals surface area contributed by atoms with Crippen LogP contribution in [0.3, 0.4) is 0 Å². The van der Waals surface area contributed by atoms with Crippen LogP contribution in [0.1, 0.15) is 19.4 Å². The second-order valence-electron chi connectivity index (χ2n) is 5.23. The molecule has 0 bridgehead atoms. The van der Waals surface area contributed by atoms with Gasteiger partial charge >= 0.3 is 5.97 Å². The lowest BCUT2D eigenvalue weighted by Gasteiger charge is -2.18. The molecule has 132 valence electrons. The molecule has 0 unspecified atom stereocenters.